The summed E-state index contributed by atoms with van der Waals surface area (Å²) in [5.74, 6) is 0.879. The van der Waals surface area contributed by atoms with Crippen molar-refractivity contribution in [1.29, 1.82) is 0 Å². The Kier molecular flexibility index (Phi) is 3.71. The SMILES string of the molecule is Cc1nnc(Sc2cccc(Cl)c2CN)n1C. The van der Waals surface area contributed by atoms with Crippen molar-refractivity contribution in [2.24, 2.45) is 12.8 Å². The third-order valence-corrected chi connectivity index (χ3v) is 4.03. The molecule has 2 N–H and O–H groups in total. The maximum absolute atomic E-state index is 6.10. The predicted molar refractivity (Wildman–Crippen MR) is 69.2 cm³/mol. The second-order valence-corrected chi connectivity index (χ2v) is 5.03. The van der Waals surface area contributed by atoms with Crippen LogP contribution >= 0.6 is 23.4 Å². The summed E-state index contributed by atoms with van der Waals surface area (Å²) in [6, 6.07) is 5.74. The van der Waals surface area contributed by atoms with Gasteiger partial charge in [-0.05, 0) is 36.4 Å². The van der Waals surface area contributed by atoms with Crippen molar-refractivity contribution in [3.63, 3.8) is 0 Å². The van der Waals surface area contributed by atoms with Gasteiger partial charge < -0.3 is 10.3 Å². The van der Waals surface area contributed by atoms with Crippen LogP contribution in [0.4, 0.5) is 0 Å². The van der Waals surface area contributed by atoms with Gasteiger partial charge in [0, 0.05) is 23.5 Å². The highest BCUT2D eigenvalue weighted by molar-refractivity contribution is 7.99. The fourth-order valence-electron chi connectivity index (χ4n) is 1.41. The summed E-state index contributed by atoms with van der Waals surface area (Å²) >= 11 is 7.63. The molecule has 0 radical (unpaired) electrons. The second kappa shape index (κ2) is 5.08. The summed E-state index contributed by atoms with van der Waals surface area (Å²) in [6.07, 6.45) is 0. The van der Waals surface area contributed by atoms with Crippen LogP contribution in [0.3, 0.4) is 0 Å². The molecule has 0 unspecified atom stereocenters. The minimum absolute atomic E-state index is 0.416. The van der Waals surface area contributed by atoms with Crippen LogP contribution in [0.25, 0.3) is 0 Å². The monoisotopic (exact) mass is 268 g/mol. The van der Waals surface area contributed by atoms with Crippen LogP contribution < -0.4 is 5.73 Å². The van der Waals surface area contributed by atoms with Crippen LogP contribution in [0.5, 0.6) is 0 Å². The highest BCUT2D eigenvalue weighted by Crippen LogP contribution is 2.32. The molecule has 6 heteroatoms. The van der Waals surface area contributed by atoms with E-state index in [-0.39, 0.29) is 0 Å². The predicted octanol–water partition coefficient (Wildman–Crippen LogP) is 2.39. The zero-order chi connectivity index (χ0) is 12.4. The van der Waals surface area contributed by atoms with Gasteiger partial charge in [0.2, 0.25) is 0 Å². The van der Waals surface area contributed by atoms with E-state index in [4.69, 9.17) is 17.3 Å². The molecular formula is C11H13ClN4S. The fourth-order valence-corrected chi connectivity index (χ4v) is 2.73. The van der Waals surface area contributed by atoms with E-state index in [0.717, 1.165) is 21.4 Å². The third-order valence-electron chi connectivity index (χ3n) is 2.53. The molecule has 1 aromatic heterocycles. The number of benzene rings is 1. The number of halogens is 1. The molecule has 1 heterocycles. The molecule has 0 aliphatic carbocycles. The largest absolute Gasteiger partial charge is 0.326 e. The Bertz CT molecular complexity index is 538. The van der Waals surface area contributed by atoms with Crippen LogP contribution in [0.15, 0.2) is 28.3 Å². The molecule has 0 aliphatic rings. The molecule has 0 saturated carbocycles. The number of nitrogens with two attached hydrogens (primary N) is 1. The van der Waals surface area contributed by atoms with E-state index < -0.39 is 0 Å². The van der Waals surface area contributed by atoms with Gasteiger partial charge in [-0.25, -0.2) is 0 Å². The average Bonchev–Trinajstić information content (AvgIpc) is 2.61. The van der Waals surface area contributed by atoms with Gasteiger partial charge in [0.1, 0.15) is 5.82 Å². The first kappa shape index (κ1) is 12.4. The molecule has 0 spiro atoms. The molecule has 90 valence electrons. The zero-order valence-electron chi connectivity index (χ0n) is 9.64. The summed E-state index contributed by atoms with van der Waals surface area (Å²) in [5.41, 5.74) is 6.65. The molecule has 0 atom stereocenters. The lowest BCUT2D eigenvalue weighted by Crippen LogP contribution is -2.00. The number of nitrogens with zero attached hydrogens (tertiary/aromatic N) is 3. The van der Waals surface area contributed by atoms with Crippen molar-refractivity contribution in [3.05, 3.63) is 34.6 Å². The molecule has 2 aromatic rings. The number of rotatable bonds is 3. The Morgan fingerprint density at radius 2 is 2.18 bits per heavy atom. The quantitative estimate of drug-likeness (QED) is 0.929. The smallest absolute Gasteiger partial charge is 0.195 e. The number of hydrogen-bond acceptors (Lipinski definition) is 4. The van der Waals surface area contributed by atoms with Gasteiger partial charge in [0.25, 0.3) is 0 Å². The number of aromatic nitrogens is 3. The first-order valence-corrected chi connectivity index (χ1v) is 6.34. The molecule has 0 aliphatic heterocycles. The lowest BCUT2D eigenvalue weighted by molar-refractivity contribution is 0.765. The molecule has 0 bridgehead atoms. The fraction of sp³-hybridized carbons (Fsp3) is 0.273. The van der Waals surface area contributed by atoms with Gasteiger partial charge in [0.15, 0.2) is 5.16 Å². The van der Waals surface area contributed by atoms with Crippen LogP contribution in [-0.2, 0) is 13.6 Å². The summed E-state index contributed by atoms with van der Waals surface area (Å²) in [7, 11) is 1.93. The first-order valence-electron chi connectivity index (χ1n) is 5.14. The van der Waals surface area contributed by atoms with Gasteiger partial charge in [-0.2, -0.15) is 0 Å². The summed E-state index contributed by atoms with van der Waals surface area (Å²) in [5, 5.41) is 9.65. The molecule has 0 fully saturated rings. The van der Waals surface area contributed by atoms with Crippen molar-refractivity contribution in [2.45, 2.75) is 23.5 Å². The lowest BCUT2D eigenvalue weighted by atomic mass is 10.2. The lowest BCUT2D eigenvalue weighted by Gasteiger charge is -2.08. The highest BCUT2D eigenvalue weighted by Gasteiger charge is 2.11. The Balaban J connectivity index is 2.36. The Labute approximate surface area is 109 Å². The maximum Gasteiger partial charge on any atom is 0.195 e. The number of aryl methyl sites for hydroxylation is 1. The van der Waals surface area contributed by atoms with E-state index in [9.17, 15) is 0 Å². The first-order chi connectivity index (χ1) is 8.13. The van der Waals surface area contributed by atoms with Crippen LogP contribution in [0.2, 0.25) is 5.02 Å². The van der Waals surface area contributed by atoms with Gasteiger partial charge in [-0.1, -0.05) is 17.7 Å². The van der Waals surface area contributed by atoms with Gasteiger partial charge in [-0.3, -0.25) is 0 Å². The summed E-state index contributed by atoms with van der Waals surface area (Å²) in [4.78, 5) is 1.02. The van der Waals surface area contributed by atoms with E-state index >= 15 is 0 Å². The van der Waals surface area contributed by atoms with E-state index in [1.165, 1.54) is 11.8 Å². The Morgan fingerprint density at radius 3 is 2.76 bits per heavy atom. The topological polar surface area (TPSA) is 56.7 Å². The minimum atomic E-state index is 0.416. The summed E-state index contributed by atoms with van der Waals surface area (Å²) in [6.45, 7) is 2.33. The average molecular weight is 269 g/mol. The maximum atomic E-state index is 6.10. The molecule has 1 aromatic carbocycles. The molecule has 17 heavy (non-hydrogen) atoms. The van der Waals surface area contributed by atoms with E-state index in [1.807, 2.05) is 36.7 Å². The van der Waals surface area contributed by atoms with E-state index in [2.05, 4.69) is 10.2 Å². The highest BCUT2D eigenvalue weighted by atomic mass is 35.5. The van der Waals surface area contributed by atoms with E-state index in [1.54, 1.807) is 0 Å². The van der Waals surface area contributed by atoms with Crippen molar-refractivity contribution in [1.82, 2.24) is 14.8 Å². The van der Waals surface area contributed by atoms with Crippen molar-refractivity contribution < 1.29 is 0 Å². The van der Waals surface area contributed by atoms with Crippen molar-refractivity contribution >= 4 is 23.4 Å². The zero-order valence-corrected chi connectivity index (χ0v) is 11.2. The van der Waals surface area contributed by atoms with Crippen LogP contribution in [0, 0.1) is 6.92 Å². The molecule has 0 amide bonds. The Morgan fingerprint density at radius 1 is 1.41 bits per heavy atom. The van der Waals surface area contributed by atoms with Crippen LogP contribution in [-0.4, -0.2) is 14.8 Å². The Hall–Kier alpha value is -1.04. The molecular weight excluding hydrogens is 256 g/mol. The normalized spacial score (nSPS) is 10.8. The second-order valence-electron chi connectivity index (χ2n) is 3.61. The minimum Gasteiger partial charge on any atom is -0.326 e. The molecule has 4 nitrogen and oxygen atoms in total. The van der Waals surface area contributed by atoms with Crippen molar-refractivity contribution in [2.75, 3.05) is 0 Å². The molecule has 2 rings (SSSR count). The van der Waals surface area contributed by atoms with E-state index in [0.29, 0.717) is 11.6 Å². The third kappa shape index (κ3) is 2.46. The standard InChI is InChI=1S/C11H13ClN4S/c1-7-14-15-11(16(7)2)17-10-5-3-4-9(12)8(10)6-13/h3-5H,6,13H2,1-2H3. The summed E-state index contributed by atoms with van der Waals surface area (Å²) < 4.78 is 1.94. The van der Waals surface area contributed by atoms with Gasteiger partial charge >= 0.3 is 0 Å². The molecule has 0 saturated heterocycles. The van der Waals surface area contributed by atoms with Gasteiger partial charge in [-0.15, -0.1) is 10.2 Å². The van der Waals surface area contributed by atoms with Gasteiger partial charge in [0.05, 0.1) is 0 Å². The van der Waals surface area contributed by atoms with Crippen LogP contribution in [0.1, 0.15) is 11.4 Å². The van der Waals surface area contributed by atoms with Crippen molar-refractivity contribution in [3.8, 4) is 0 Å². The number of hydrogen-bond donors (Lipinski definition) is 1.